The molecule has 0 radical (unpaired) electrons. The number of hydrogen-bond donors (Lipinski definition) is 1. The molecule has 2 saturated heterocycles. The van der Waals surface area contributed by atoms with E-state index >= 15 is 0 Å². The summed E-state index contributed by atoms with van der Waals surface area (Å²) in [4.78, 5) is 40.1. The van der Waals surface area contributed by atoms with Gasteiger partial charge in [0.25, 0.3) is 5.91 Å². The van der Waals surface area contributed by atoms with Gasteiger partial charge in [0.05, 0.1) is 0 Å². The molecule has 0 aromatic heterocycles. The average molecular weight is 355 g/mol. The van der Waals surface area contributed by atoms with E-state index in [0.717, 1.165) is 24.3 Å². The third kappa shape index (κ3) is 2.77. The number of nitrogens with zero attached hydrogens (tertiary/aromatic N) is 2. The van der Waals surface area contributed by atoms with Gasteiger partial charge in [-0.05, 0) is 41.5 Å². The number of anilines is 1. The number of carbonyl (C=O) groups is 3. The smallest absolute Gasteiger partial charge is 0.255 e. The molecule has 3 heterocycles. The molecular formula is C20H25N3O3. The molecule has 2 fully saturated rings. The number of nitrogens with one attached hydrogen (secondary N) is 1. The molecule has 1 N–H and O–H groups in total. The van der Waals surface area contributed by atoms with E-state index in [1.807, 2.05) is 12.1 Å². The van der Waals surface area contributed by atoms with Crippen molar-refractivity contribution in [2.75, 3.05) is 18.0 Å². The van der Waals surface area contributed by atoms with Crippen LogP contribution in [0.15, 0.2) is 18.2 Å². The fraction of sp³-hybridized carbons (Fsp3) is 0.550. The summed E-state index contributed by atoms with van der Waals surface area (Å²) in [7, 11) is 0. The second-order valence-corrected chi connectivity index (χ2v) is 8.71. The standard InChI is InChI=1S/C20H25N3O3/c1-20(2,3)13-10-22(11-13)14-4-5-15-12(8-14)9-23(19(15)26)16-6-7-17(24)21-18(16)25/h4-5,8,13,16H,6-7,9-11H2,1-3H3,(H,21,24,25). The van der Waals surface area contributed by atoms with Gasteiger partial charge in [0.15, 0.2) is 0 Å². The van der Waals surface area contributed by atoms with E-state index in [-0.39, 0.29) is 24.1 Å². The summed E-state index contributed by atoms with van der Waals surface area (Å²) in [5.41, 5.74) is 3.09. The first kappa shape index (κ1) is 17.1. The van der Waals surface area contributed by atoms with Crippen LogP contribution in [0.5, 0.6) is 0 Å². The highest BCUT2D eigenvalue weighted by Crippen LogP contribution is 2.38. The number of benzene rings is 1. The minimum Gasteiger partial charge on any atom is -0.371 e. The van der Waals surface area contributed by atoms with Crippen LogP contribution in [0.25, 0.3) is 0 Å². The van der Waals surface area contributed by atoms with E-state index in [4.69, 9.17) is 0 Å². The second kappa shape index (κ2) is 5.83. The molecular weight excluding hydrogens is 330 g/mol. The predicted octanol–water partition coefficient (Wildman–Crippen LogP) is 1.93. The molecule has 6 heteroatoms. The summed E-state index contributed by atoms with van der Waals surface area (Å²) < 4.78 is 0. The summed E-state index contributed by atoms with van der Waals surface area (Å²) in [6.07, 6.45) is 0.681. The molecule has 138 valence electrons. The molecule has 6 nitrogen and oxygen atoms in total. The molecule has 1 atom stereocenters. The third-order valence-electron chi connectivity index (χ3n) is 5.98. The predicted molar refractivity (Wildman–Crippen MR) is 97.6 cm³/mol. The van der Waals surface area contributed by atoms with Gasteiger partial charge in [-0.1, -0.05) is 20.8 Å². The second-order valence-electron chi connectivity index (χ2n) is 8.71. The Bertz CT molecular complexity index is 790. The Kier molecular flexibility index (Phi) is 3.82. The zero-order chi connectivity index (χ0) is 18.6. The van der Waals surface area contributed by atoms with Crippen LogP contribution in [0.4, 0.5) is 5.69 Å². The van der Waals surface area contributed by atoms with E-state index in [0.29, 0.717) is 29.9 Å². The third-order valence-corrected chi connectivity index (χ3v) is 5.98. The molecule has 0 saturated carbocycles. The lowest BCUT2D eigenvalue weighted by atomic mass is 9.76. The van der Waals surface area contributed by atoms with Crippen LogP contribution >= 0.6 is 0 Å². The van der Waals surface area contributed by atoms with Gasteiger partial charge in [-0.15, -0.1) is 0 Å². The molecule has 26 heavy (non-hydrogen) atoms. The first-order chi connectivity index (χ1) is 12.2. The number of fused-ring (bicyclic) bond motifs is 1. The normalized spacial score (nSPS) is 23.8. The molecule has 1 aromatic carbocycles. The first-order valence-electron chi connectivity index (χ1n) is 9.26. The summed E-state index contributed by atoms with van der Waals surface area (Å²) in [6, 6.07) is 5.41. The summed E-state index contributed by atoms with van der Waals surface area (Å²) in [5, 5.41) is 2.34. The van der Waals surface area contributed by atoms with Crippen molar-refractivity contribution in [3.8, 4) is 0 Å². The SMILES string of the molecule is CC(C)(C)C1CN(c2ccc3c(c2)CN(C2CCC(=O)NC2=O)C3=O)C1. The molecule has 1 aromatic rings. The monoisotopic (exact) mass is 355 g/mol. The largest absolute Gasteiger partial charge is 0.371 e. The van der Waals surface area contributed by atoms with Gasteiger partial charge >= 0.3 is 0 Å². The summed E-state index contributed by atoms with van der Waals surface area (Å²) >= 11 is 0. The fourth-order valence-corrected chi connectivity index (χ4v) is 3.99. The lowest BCUT2D eigenvalue weighted by molar-refractivity contribution is -0.136. The van der Waals surface area contributed by atoms with Gasteiger partial charge in [-0.2, -0.15) is 0 Å². The van der Waals surface area contributed by atoms with Crippen LogP contribution in [-0.4, -0.2) is 41.8 Å². The fourth-order valence-electron chi connectivity index (χ4n) is 3.99. The maximum atomic E-state index is 12.7. The van der Waals surface area contributed by atoms with Crippen molar-refractivity contribution in [3.63, 3.8) is 0 Å². The molecule has 3 amide bonds. The van der Waals surface area contributed by atoms with Crippen molar-refractivity contribution in [2.24, 2.45) is 11.3 Å². The van der Waals surface area contributed by atoms with Crippen molar-refractivity contribution in [1.82, 2.24) is 10.2 Å². The maximum Gasteiger partial charge on any atom is 0.255 e. The van der Waals surface area contributed by atoms with Gasteiger partial charge in [0.1, 0.15) is 6.04 Å². The minimum absolute atomic E-state index is 0.114. The maximum absolute atomic E-state index is 12.7. The average Bonchev–Trinajstić information content (AvgIpc) is 2.81. The van der Waals surface area contributed by atoms with Gasteiger partial charge in [-0.3, -0.25) is 19.7 Å². The molecule has 0 aliphatic carbocycles. The molecule has 3 aliphatic rings. The van der Waals surface area contributed by atoms with Crippen molar-refractivity contribution >= 4 is 23.4 Å². The Morgan fingerprint density at radius 1 is 1.12 bits per heavy atom. The lowest BCUT2D eigenvalue weighted by Crippen LogP contribution is -2.52. The van der Waals surface area contributed by atoms with Crippen LogP contribution in [-0.2, 0) is 16.1 Å². The Labute approximate surface area is 153 Å². The lowest BCUT2D eigenvalue weighted by Gasteiger charge is -2.47. The van der Waals surface area contributed by atoms with Gasteiger partial charge in [0.2, 0.25) is 11.8 Å². The van der Waals surface area contributed by atoms with E-state index in [9.17, 15) is 14.4 Å². The van der Waals surface area contributed by atoms with Gasteiger partial charge in [-0.25, -0.2) is 0 Å². The van der Waals surface area contributed by atoms with Crippen molar-refractivity contribution in [2.45, 2.75) is 46.2 Å². The molecule has 0 bridgehead atoms. The highest BCUT2D eigenvalue weighted by atomic mass is 16.2. The zero-order valence-electron chi connectivity index (χ0n) is 15.5. The van der Waals surface area contributed by atoms with E-state index in [2.05, 4.69) is 37.1 Å². The molecule has 0 spiro atoms. The number of carbonyl (C=O) groups excluding carboxylic acids is 3. The van der Waals surface area contributed by atoms with Crippen LogP contribution in [0, 0.1) is 11.3 Å². The number of amides is 3. The topological polar surface area (TPSA) is 69.7 Å². The zero-order valence-corrected chi connectivity index (χ0v) is 15.5. The summed E-state index contributed by atoms with van der Waals surface area (Å²) in [6.45, 7) is 9.32. The Balaban J connectivity index is 1.49. The quantitative estimate of drug-likeness (QED) is 0.823. The van der Waals surface area contributed by atoms with E-state index in [1.165, 1.54) is 0 Å². The Morgan fingerprint density at radius 2 is 1.85 bits per heavy atom. The van der Waals surface area contributed by atoms with Crippen molar-refractivity contribution in [3.05, 3.63) is 29.3 Å². The summed E-state index contributed by atoms with van der Waals surface area (Å²) in [5.74, 6) is -0.0585. The van der Waals surface area contributed by atoms with Crippen molar-refractivity contribution < 1.29 is 14.4 Å². The van der Waals surface area contributed by atoms with Crippen LogP contribution in [0.1, 0.15) is 49.5 Å². The van der Waals surface area contributed by atoms with Gasteiger partial charge in [0, 0.05) is 37.3 Å². The highest BCUT2D eigenvalue weighted by Gasteiger charge is 2.40. The number of piperidine rings is 1. The van der Waals surface area contributed by atoms with Crippen LogP contribution in [0.3, 0.4) is 0 Å². The minimum atomic E-state index is -0.551. The molecule has 3 aliphatic heterocycles. The van der Waals surface area contributed by atoms with Gasteiger partial charge < -0.3 is 9.80 Å². The van der Waals surface area contributed by atoms with Crippen molar-refractivity contribution in [1.29, 1.82) is 0 Å². The van der Waals surface area contributed by atoms with E-state index in [1.54, 1.807) is 4.90 Å². The molecule has 4 rings (SSSR count). The molecule has 1 unspecified atom stereocenters. The Morgan fingerprint density at radius 3 is 2.50 bits per heavy atom. The number of rotatable bonds is 2. The Hall–Kier alpha value is -2.37. The van der Waals surface area contributed by atoms with Crippen LogP contribution in [0.2, 0.25) is 0 Å². The first-order valence-corrected chi connectivity index (χ1v) is 9.26. The highest BCUT2D eigenvalue weighted by molar-refractivity contribution is 6.05. The van der Waals surface area contributed by atoms with Crippen LogP contribution < -0.4 is 10.2 Å². The number of hydrogen-bond acceptors (Lipinski definition) is 4. The van der Waals surface area contributed by atoms with E-state index < -0.39 is 6.04 Å². The number of imide groups is 1.